The van der Waals surface area contributed by atoms with Crippen LogP contribution >= 0.6 is 7.60 Å². The number of hydrogen-bond acceptors (Lipinski definition) is 1. The molecule has 2 N–H and O–H groups in total. The Morgan fingerprint density at radius 1 is 0.640 bits per heavy atom. The van der Waals surface area contributed by atoms with Crippen LogP contribution in [0, 0.1) is 0 Å². The van der Waals surface area contributed by atoms with Crippen LogP contribution < -0.4 is 0 Å². The molecule has 0 atom stereocenters. The third kappa shape index (κ3) is 2.17. The Labute approximate surface area is 144 Å². The van der Waals surface area contributed by atoms with Crippen molar-refractivity contribution in [2.24, 2.45) is 0 Å². The Balaban J connectivity index is 2.05. The van der Waals surface area contributed by atoms with Crippen LogP contribution in [0.25, 0.3) is 43.1 Å². The van der Waals surface area contributed by atoms with Crippen molar-refractivity contribution in [1.29, 1.82) is 0 Å². The highest BCUT2D eigenvalue weighted by atomic mass is 31.2. The Hall–Kier alpha value is -2.45. The molecular formula is C21H15O3P. The van der Waals surface area contributed by atoms with Gasteiger partial charge in [-0.25, -0.2) is 0 Å². The SMILES string of the molecule is O=P(O)(O)Cc1ccc2c3cccc4cccc(c5cccc1c52)c43. The largest absolute Gasteiger partial charge is 0.329 e. The summed E-state index contributed by atoms with van der Waals surface area (Å²) in [7, 11) is -4.12. The second-order valence-corrected chi connectivity index (χ2v) is 8.18. The zero-order valence-corrected chi connectivity index (χ0v) is 14.2. The van der Waals surface area contributed by atoms with Crippen LogP contribution in [-0.2, 0) is 10.7 Å². The molecule has 5 rings (SSSR count). The molecule has 0 heterocycles. The van der Waals surface area contributed by atoms with Gasteiger partial charge in [0.2, 0.25) is 0 Å². The van der Waals surface area contributed by atoms with Gasteiger partial charge in [-0.05, 0) is 48.7 Å². The Morgan fingerprint density at radius 3 is 1.80 bits per heavy atom. The zero-order valence-electron chi connectivity index (χ0n) is 13.3. The van der Waals surface area contributed by atoms with E-state index >= 15 is 0 Å². The minimum atomic E-state index is -4.12. The topological polar surface area (TPSA) is 57.5 Å². The lowest BCUT2D eigenvalue weighted by Crippen LogP contribution is -1.92. The van der Waals surface area contributed by atoms with Crippen molar-refractivity contribution in [2.45, 2.75) is 6.16 Å². The molecule has 0 fully saturated rings. The van der Waals surface area contributed by atoms with E-state index in [4.69, 9.17) is 0 Å². The number of hydrogen-bond donors (Lipinski definition) is 2. The molecular weight excluding hydrogens is 331 g/mol. The highest BCUT2D eigenvalue weighted by Crippen LogP contribution is 2.45. The molecule has 25 heavy (non-hydrogen) atoms. The van der Waals surface area contributed by atoms with Crippen LogP contribution in [0.15, 0.2) is 66.7 Å². The van der Waals surface area contributed by atoms with E-state index in [1.54, 1.807) is 0 Å². The van der Waals surface area contributed by atoms with Crippen molar-refractivity contribution < 1.29 is 14.4 Å². The molecule has 0 saturated carbocycles. The summed E-state index contributed by atoms with van der Waals surface area (Å²) in [6, 6.07) is 22.5. The first kappa shape index (κ1) is 14.9. The monoisotopic (exact) mass is 346 g/mol. The minimum absolute atomic E-state index is 0.237. The molecule has 122 valence electrons. The summed E-state index contributed by atoms with van der Waals surface area (Å²) in [5.41, 5.74) is 0.695. The molecule has 0 aliphatic rings. The maximum atomic E-state index is 11.5. The lowest BCUT2D eigenvalue weighted by Gasteiger charge is -2.16. The fraction of sp³-hybridized carbons (Fsp3) is 0.0476. The number of benzene rings is 5. The van der Waals surface area contributed by atoms with Gasteiger partial charge in [-0.3, -0.25) is 4.57 Å². The second kappa shape index (κ2) is 5.03. The first-order valence-corrected chi connectivity index (χ1v) is 9.94. The van der Waals surface area contributed by atoms with Gasteiger partial charge in [0.25, 0.3) is 0 Å². The van der Waals surface area contributed by atoms with Gasteiger partial charge in [0.15, 0.2) is 0 Å². The first-order valence-electron chi connectivity index (χ1n) is 8.15. The van der Waals surface area contributed by atoms with E-state index in [0.717, 1.165) is 21.5 Å². The van der Waals surface area contributed by atoms with E-state index in [2.05, 4.69) is 42.5 Å². The third-order valence-electron chi connectivity index (χ3n) is 4.99. The summed E-state index contributed by atoms with van der Waals surface area (Å²) in [6.45, 7) is 0. The molecule has 0 bridgehead atoms. The predicted molar refractivity (Wildman–Crippen MR) is 103 cm³/mol. The number of rotatable bonds is 2. The lowest BCUT2D eigenvalue weighted by molar-refractivity contribution is 0.372. The molecule has 0 spiro atoms. The maximum absolute atomic E-state index is 11.5. The van der Waals surface area contributed by atoms with Gasteiger partial charge in [0.05, 0.1) is 6.16 Å². The van der Waals surface area contributed by atoms with E-state index in [1.165, 1.54) is 21.5 Å². The molecule has 0 aliphatic carbocycles. The second-order valence-electron chi connectivity index (χ2n) is 6.53. The summed E-state index contributed by atoms with van der Waals surface area (Å²) in [4.78, 5) is 18.9. The van der Waals surface area contributed by atoms with Gasteiger partial charge in [0.1, 0.15) is 0 Å². The lowest BCUT2D eigenvalue weighted by atomic mass is 9.89. The summed E-state index contributed by atoms with van der Waals surface area (Å²) >= 11 is 0. The fourth-order valence-electron chi connectivity index (χ4n) is 4.07. The van der Waals surface area contributed by atoms with Crippen molar-refractivity contribution in [3.8, 4) is 0 Å². The van der Waals surface area contributed by atoms with Gasteiger partial charge in [0, 0.05) is 0 Å². The van der Waals surface area contributed by atoms with Crippen molar-refractivity contribution in [3.63, 3.8) is 0 Å². The van der Waals surface area contributed by atoms with Crippen LogP contribution in [0.5, 0.6) is 0 Å². The molecule has 0 amide bonds. The van der Waals surface area contributed by atoms with E-state index in [-0.39, 0.29) is 6.16 Å². The number of fused-ring (bicyclic) bond motifs is 2. The van der Waals surface area contributed by atoms with Gasteiger partial charge in [-0.1, -0.05) is 66.7 Å². The Kier molecular flexibility index (Phi) is 2.99. The summed E-state index contributed by atoms with van der Waals surface area (Å²) < 4.78 is 11.5. The summed E-state index contributed by atoms with van der Waals surface area (Å²) in [6.07, 6.45) is -0.237. The molecule has 0 unspecified atom stereocenters. The molecule has 4 heteroatoms. The maximum Gasteiger partial charge on any atom is 0.329 e. The van der Waals surface area contributed by atoms with Crippen molar-refractivity contribution in [1.82, 2.24) is 0 Å². The van der Waals surface area contributed by atoms with Crippen LogP contribution in [0.1, 0.15) is 5.56 Å². The average Bonchev–Trinajstić information content (AvgIpc) is 2.59. The van der Waals surface area contributed by atoms with E-state index in [1.807, 2.05) is 24.3 Å². The third-order valence-corrected chi connectivity index (χ3v) is 5.74. The standard InChI is InChI=1S/C21H15O3P/c22-25(23,24)12-14-10-11-19-17-8-2-5-13-4-1-7-16(20(13)17)18-9-3-6-15(14)21(18)19/h1-11H,12H2,(H2,22,23,24). The van der Waals surface area contributed by atoms with Gasteiger partial charge in [-0.15, -0.1) is 0 Å². The molecule has 0 saturated heterocycles. The minimum Gasteiger partial charge on any atom is -0.324 e. The predicted octanol–water partition coefficient (Wildman–Crippen LogP) is 5.41. The Bertz CT molecular complexity index is 1270. The summed E-state index contributed by atoms with van der Waals surface area (Å²) in [5, 5.41) is 9.07. The highest BCUT2D eigenvalue weighted by molar-refractivity contribution is 7.50. The molecule has 5 aromatic rings. The van der Waals surface area contributed by atoms with Crippen molar-refractivity contribution >= 4 is 50.7 Å². The van der Waals surface area contributed by atoms with E-state index in [0.29, 0.717) is 5.56 Å². The van der Waals surface area contributed by atoms with Crippen molar-refractivity contribution in [2.75, 3.05) is 0 Å². The molecule has 3 nitrogen and oxygen atoms in total. The molecule has 0 aromatic heterocycles. The van der Waals surface area contributed by atoms with Gasteiger partial charge in [-0.2, -0.15) is 0 Å². The van der Waals surface area contributed by atoms with Crippen LogP contribution in [-0.4, -0.2) is 9.79 Å². The quantitative estimate of drug-likeness (QED) is 0.255. The van der Waals surface area contributed by atoms with Crippen molar-refractivity contribution in [3.05, 3.63) is 72.3 Å². The van der Waals surface area contributed by atoms with Crippen LogP contribution in [0.4, 0.5) is 0 Å². The van der Waals surface area contributed by atoms with Crippen LogP contribution in [0.2, 0.25) is 0 Å². The van der Waals surface area contributed by atoms with Gasteiger partial charge < -0.3 is 9.79 Å². The zero-order chi connectivity index (χ0) is 17.2. The normalized spacial score (nSPS) is 12.7. The Morgan fingerprint density at radius 2 is 1.16 bits per heavy atom. The first-order chi connectivity index (χ1) is 12.0. The smallest absolute Gasteiger partial charge is 0.324 e. The van der Waals surface area contributed by atoms with Gasteiger partial charge >= 0.3 is 7.60 Å². The molecule has 0 radical (unpaired) electrons. The van der Waals surface area contributed by atoms with E-state index < -0.39 is 7.60 Å². The summed E-state index contributed by atoms with van der Waals surface area (Å²) in [5.74, 6) is 0. The molecule has 0 aliphatic heterocycles. The average molecular weight is 346 g/mol. The highest BCUT2D eigenvalue weighted by Gasteiger charge is 2.19. The fourth-order valence-corrected chi connectivity index (χ4v) is 4.79. The van der Waals surface area contributed by atoms with E-state index in [9.17, 15) is 14.4 Å². The van der Waals surface area contributed by atoms with Crippen LogP contribution in [0.3, 0.4) is 0 Å². The molecule has 5 aromatic carbocycles.